The standard InChI is InChI=1S/C18H38N4S/c1-4-19-18(21-12-6-8-16-23-3)20-11-5-7-13-22-14-9-17(2)10-15-22/h17H,4-16H2,1-3H3,(H2,19,20,21). The first-order chi connectivity index (χ1) is 11.3. The van der Waals surface area contributed by atoms with Gasteiger partial charge in [-0.15, -0.1) is 0 Å². The fourth-order valence-electron chi connectivity index (χ4n) is 2.84. The predicted molar refractivity (Wildman–Crippen MR) is 106 cm³/mol. The lowest BCUT2D eigenvalue weighted by Crippen LogP contribution is -2.38. The summed E-state index contributed by atoms with van der Waals surface area (Å²) in [5.41, 5.74) is 0. The molecule has 0 atom stereocenters. The Labute approximate surface area is 148 Å². The highest BCUT2D eigenvalue weighted by Crippen LogP contribution is 2.16. The van der Waals surface area contributed by atoms with Gasteiger partial charge in [-0.05, 0) is 83.0 Å². The molecule has 0 saturated carbocycles. The molecule has 4 nitrogen and oxygen atoms in total. The molecule has 1 fully saturated rings. The van der Waals surface area contributed by atoms with E-state index in [1.807, 2.05) is 11.8 Å². The lowest BCUT2D eigenvalue weighted by Gasteiger charge is -2.30. The Balaban J connectivity index is 2.08. The van der Waals surface area contributed by atoms with Gasteiger partial charge in [-0.25, -0.2) is 0 Å². The number of aliphatic imine (C=N–C) groups is 1. The van der Waals surface area contributed by atoms with Crippen molar-refractivity contribution >= 4 is 17.7 Å². The summed E-state index contributed by atoms with van der Waals surface area (Å²) >= 11 is 1.92. The zero-order valence-electron chi connectivity index (χ0n) is 15.6. The van der Waals surface area contributed by atoms with Crippen LogP contribution in [0.25, 0.3) is 0 Å². The van der Waals surface area contributed by atoms with Crippen molar-refractivity contribution in [1.82, 2.24) is 15.5 Å². The first-order valence-electron chi connectivity index (χ1n) is 9.49. The maximum Gasteiger partial charge on any atom is 0.191 e. The lowest BCUT2D eigenvalue weighted by molar-refractivity contribution is 0.190. The molecule has 0 radical (unpaired) electrons. The molecule has 0 spiro atoms. The fraction of sp³-hybridized carbons (Fsp3) is 0.944. The number of guanidine groups is 1. The van der Waals surface area contributed by atoms with Crippen molar-refractivity contribution < 1.29 is 0 Å². The summed E-state index contributed by atoms with van der Waals surface area (Å²) in [6.07, 6.45) is 9.89. The van der Waals surface area contributed by atoms with Gasteiger partial charge in [0.05, 0.1) is 0 Å². The second-order valence-electron chi connectivity index (χ2n) is 6.62. The number of nitrogens with zero attached hydrogens (tertiary/aromatic N) is 2. The number of nitrogens with one attached hydrogen (secondary N) is 2. The van der Waals surface area contributed by atoms with Crippen LogP contribution >= 0.6 is 11.8 Å². The van der Waals surface area contributed by atoms with Gasteiger partial charge in [0.1, 0.15) is 0 Å². The number of hydrogen-bond acceptors (Lipinski definition) is 3. The van der Waals surface area contributed by atoms with Crippen LogP contribution in [0.1, 0.15) is 52.4 Å². The second-order valence-corrected chi connectivity index (χ2v) is 7.60. The third kappa shape index (κ3) is 10.9. The summed E-state index contributed by atoms with van der Waals surface area (Å²) in [7, 11) is 0. The number of rotatable bonds is 11. The van der Waals surface area contributed by atoms with E-state index in [0.29, 0.717) is 0 Å². The predicted octanol–water partition coefficient (Wildman–Crippen LogP) is 3.20. The Morgan fingerprint density at radius 2 is 1.91 bits per heavy atom. The molecule has 0 amide bonds. The summed E-state index contributed by atoms with van der Waals surface area (Å²) in [6.45, 7) is 11.2. The minimum atomic E-state index is 0.931. The minimum Gasteiger partial charge on any atom is -0.357 e. The zero-order valence-corrected chi connectivity index (χ0v) is 16.4. The number of unbranched alkanes of at least 4 members (excludes halogenated alkanes) is 2. The molecule has 0 bridgehead atoms. The normalized spacial score (nSPS) is 17.4. The summed E-state index contributed by atoms with van der Waals surface area (Å²) < 4.78 is 0. The summed E-state index contributed by atoms with van der Waals surface area (Å²) in [5, 5.41) is 6.79. The smallest absolute Gasteiger partial charge is 0.191 e. The Bertz CT molecular complexity index is 301. The SMILES string of the molecule is CCNC(=NCCCCN1CCC(C)CC1)NCCCCSC. The number of likely N-dealkylation sites (tertiary alicyclic amines) is 1. The molecule has 136 valence electrons. The van der Waals surface area contributed by atoms with Crippen molar-refractivity contribution in [1.29, 1.82) is 0 Å². The number of piperidine rings is 1. The van der Waals surface area contributed by atoms with Crippen LogP contribution in [-0.4, -0.2) is 62.1 Å². The van der Waals surface area contributed by atoms with E-state index in [1.165, 1.54) is 63.9 Å². The molecular weight excluding hydrogens is 304 g/mol. The van der Waals surface area contributed by atoms with E-state index >= 15 is 0 Å². The molecule has 1 aliphatic rings. The van der Waals surface area contributed by atoms with E-state index in [4.69, 9.17) is 4.99 Å². The third-order valence-electron chi connectivity index (χ3n) is 4.44. The van der Waals surface area contributed by atoms with E-state index in [0.717, 1.165) is 31.5 Å². The van der Waals surface area contributed by atoms with Gasteiger partial charge >= 0.3 is 0 Å². The second kappa shape index (κ2) is 14.0. The van der Waals surface area contributed by atoms with Crippen LogP contribution in [0.3, 0.4) is 0 Å². The van der Waals surface area contributed by atoms with Gasteiger partial charge in [0.2, 0.25) is 0 Å². The maximum absolute atomic E-state index is 4.70. The molecule has 1 aliphatic heterocycles. The van der Waals surface area contributed by atoms with Crippen LogP contribution in [-0.2, 0) is 0 Å². The van der Waals surface area contributed by atoms with Crippen molar-refractivity contribution in [2.75, 3.05) is 51.3 Å². The molecule has 2 N–H and O–H groups in total. The van der Waals surface area contributed by atoms with E-state index < -0.39 is 0 Å². The van der Waals surface area contributed by atoms with Gasteiger partial charge in [-0.1, -0.05) is 6.92 Å². The molecule has 23 heavy (non-hydrogen) atoms. The molecule has 0 aliphatic carbocycles. The molecular formula is C18H38N4S. The topological polar surface area (TPSA) is 39.7 Å². The molecule has 0 aromatic rings. The average molecular weight is 343 g/mol. The number of thioether (sulfide) groups is 1. The van der Waals surface area contributed by atoms with Crippen molar-refractivity contribution in [3.63, 3.8) is 0 Å². The average Bonchev–Trinajstić information content (AvgIpc) is 2.56. The highest BCUT2D eigenvalue weighted by atomic mass is 32.2. The quantitative estimate of drug-likeness (QED) is 0.344. The summed E-state index contributed by atoms with van der Waals surface area (Å²) in [5.74, 6) is 3.17. The van der Waals surface area contributed by atoms with Crippen molar-refractivity contribution in [2.24, 2.45) is 10.9 Å². The first-order valence-corrected chi connectivity index (χ1v) is 10.9. The fourth-order valence-corrected chi connectivity index (χ4v) is 3.34. The van der Waals surface area contributed by atoms with Gasteiger partial charge in [0.15, 0.2) is 5.96 Å². The van der Waals surface area contributed by atoms with Crippen molar-refractivity contribution in [2.45, 2.75) is 52.4 Å². The molecule has 0 unspecified atom stereocenters. The van der Waals surface area contributed by atoms with Gasteiger partial charge < -0.3 is 15.5 Å². The highest BCUT2D eigenvalue weighted by molar-refractivity contribution is 7.98. The Hall–Kier alpha value is -0.420. The molecule has 0 aromatic carbocycles. The zero-order chi connectivity index (χ0) is 16.8. The van der Waals surface area contributed by atoms with Gasteiger partial charge in [0, 0.05) is 19.6 Å². The van der Waals surface area contributed by atoms with E-state index in [1.54, 1.807) is 0 Å². The molecule has 1 heterocycles. The lowest BCUT2D eigenvalue weighted by atomic mass is 9.99. The van der Waals surface area contributed by atoms with Crippen molar-refractivity contribution in [3.05, 3.63) is 0 Å². The Kier molecular flexibility index (Phi) is 12.5. The van der Waals surface area contributed by atoms with Crippen LogP contribution < -0.4 is 10.6 Å². The first kappa shape index (κ1) is 20.6. The Morgan fingerprint density at radius 3 is 2.61 bits per heavy atom. The largest absolute Gasteiger partial charge is 0.357 e. The highest BCUT2D eigenvalue weighted by Gasteiger charge is 2.14. The summed E-state index contributed by atoms with van der Waals surface area (Å²) in [6, 6.07) is 0. The van der Waals surface area contributed by atoms with Gasteiger partial charge in [-0.2, -0.15) is 11.8 Å². The van der Waals surface area contributed by atoms with E-state index in [9.17, 15) is 0 Å². The van der Waals surface area contributed by atoms with Crippen molar-refractivity contribution in [3.8, 4) is 0 Å². The summed E-state index contributed by atoms with van der Waals surface area (Å²) in [4.78, 5) is 7.32. The van der Waals surface area contributed by atoms with Crippen LogP contribution in [0.2, 0.25) is 0 Å². The third-order valence-corrected chi connectivity index (χ3v) is 5.14. The van der Waals surface area contributed by atoms with Crippen LogP contribution in [0, 0.1) is 5.92 Å². The maximum atomic E-state index is 4.70. The van der Waals surface area contributed by atoms with Gasteiger partial charge in [0.25, 0.3) is 0 Å². The minimum absolute atomic E-state index is 0.931. The van der Waals surface area contributed by atoms with Crippen LogP contribution in [0.15, 0.2) is 4.99 Å². The van der Waals surface area contributed by atoms with Crippen LogP contribution in [0.4, 0.5) is 0 Å². The Morgan fingerprint density at radius 1 is 1.13 bits per heavy atom. The van der Waals surface area contributed by atoms with E-state index in [-0.39, 0.29) is 0 Å². The molecule has 0 aromatic heterocycles. The van der Waals surface area contributed by atoms with Crippen LogP contribution in [0.5, 0.6) is 0 Å². The monoisotopic (exact) mass is 342 g/mol. The molecule has 5 heteroatoms. The van der Waals surface area contributed by atoms with Gasteiger partial charge in [-0.3, -0.25) is 4.99 Å². The van der Waals surface area contributed by atoms with E-state index in [2.05, 4.69) is 35.6 Å². The number of hydrogen-bond donors (Lipinski definition) is 2. The molecule has 1 rings (SSSR count). The molecule has 1 saturated heterocycles.